The maximum atomic E-state index is 4.41. The lowest BCUT2D eigenvalue weighted by Crippen LogP contribution is -2.13. The van der Waals surface area contributed by atoms with Crippen molar-refractivity contribution >= 4 is 11.8 Å². The SMILES string of the molecule is CCNCc1ncn(CCSc2ccccc2)n1. The van der Waals surface area contributed by atoms with Crippen molar-refractivity contribution in [3.8, 4) is 0 Å². The van der Waals surface area contributed by atoms with Crippen LogP contribution in [0.1, 0.15) is 12.7 Å². The second-order valence-electron chi connectivity index (χ2n) is 3.87. The lowest BCUT2D eigenvalue weighted by molar-refractivity contribution is 0.631. The summed E-state index contributed by atoms with van der Waals surface area (Å²) in [5, 5.41) is 7.62. The van der Waals surface area contributed by atoms with E-state index in [1.165, 1.54) is 4.90 Å². The summed E-state index contributed by atoms with van der Waals surface area (Å²) in [7, 11) is 0. The zero-order chi connectivity index (χ0) is 12.6. The molecule has 0 bridgehead atoms. The van der Waals surface area contributed by atoms with Gasteiger partial charge in [0.25, 0.3) is 0 Å². The van der Waals surface area contributed by atoms with Crippen molar-refractivity contribution in [2.45, 2.75) is 24.9 Å². The van der Waals surface area contributed by atoms with Gasteiger partial charge in [-0.05, 0) is 18.7 Å². The number of aromatic nitrogens is 3. The van der Waals surface area contributed by atoms with E-state index in [4.69, 9.17) is 0 Å². The van der Waals surface area contributed by atoms with Gasteiger partial charge >= 0.3 is 0 Å². The van der Waals surface area contributed by atoms with Crippen molar-refractivity contribution in [2.24, 2.45) is 0 Å². The molecule has 0 amide bonds. The van der Waals surface area contributed by atoms with Crippen LogP contribution in [0, 0.1) is 0 Å². The first kappa shape index (κ1) is 13.1. The quantitative estimate of drug-likeness (QED) is 0.777. The maximum Gasteiger partial charge on any atom is 0.164 e. The first-order valence-corrected chi connectivity index (χ1v) is 7.14. The summed E-state index contributed by atoms with van der Waals surface area (Å²) in [6, 6.07) is 10.4. The lowest BCUT2D eigenvalue weighted by atomic mass is 10.4. The van der Waals surface area contributed by atoms with Gasteiger partial charge in [0.2, 0.25) is 0 Å². The van der Waals surface area contributed by atoms with Gasteiger partial charge in [0.15, 0.2) is 5.82 Å². The number of benzene rings is 1. The topological polar surface area (TPSA) is 42.7 Å². The van der Waals surface area contributed by atoms with Gasteiger partial charge in [-0.3, -0.25) is 4.68 Å². The van der Waals surface area contributed by atoms with Crippen LogP contribution in [0.3, 0.4) is 0 Å². The normalized spacial score (nSPS) is 10.7. The van der Waals surface area contributed by atoms with E-state index < -0.39 is 0 Å². The smallest absolute Gasteiger partial charge is 0.164 e. The summed E-state index contributed by atoms with van der Waals surface area (Å²) in [6.45, 7) is 4.65. The zero-order valence-electron chi connectivity index (χ0n) is 10.5. The molecule has 0 fully saturated rings. The molecule has 0 aliphatic heterocycles. The Hall–Kier alpha value is -1.33. The molecule has 0 saturated heterocycles. The molecule has 0 atom stereocenters. The summed E-state index contributed by atoms with van der Waals surface area (Å²) < 4.78 is 1.91. The van der Waals surface area contributed by atoms with Crippen LogP contribution in [0.15, 0.2) is 41.6 Å². The molecule has 0 aliphatic rings. The molecular formula is C13H18N4S. The van der Waals surface area contributed by atoms with Gasteiger partial charge in [-0.25, -0.2) is 4.98 Å². The molecule has 2 rings (SSSR count). The minimum Gasteiger partial charge on any atom is -0.310 e. The second kappa shape index (κ2) is 7.18. The molecule has 1 heterocycles. The van der Waals surface area contributed by atoms with E-state index >= 15 is 0 Å². The summed E-state index contributed by atoms with van der Waals surface area (Å²) in [6.07, 6.45) is 1.80. The standard InChI is InChI=1S/C13H18N4S/c1-2-14-10-13-15-11-17(16-13)8-9-18-12-6-4-3-5-7-12/h3-7,11,14H,2,8-10H2,1H3. The molecule has 0 unspecified atom stereocenters. The fraction of sp³-hybridized carbons (Fsp3) is 0.385. The number of hydrogen-bond donors (Lipinski definition) is 1. The average molecular weight is 262 g/mol. The van der Waals surface area contributed by atoms with E-state index in [2.05, 4.69) is 46.6 Å². The fourth-order valence-electron chi connectivity index (χ4n) is 1.53. The number of hydrogen-bond acceptors (Lipinski definition) is 4. The molecular weight excluding hydrogens is 244 g/mol. The van der Waals surface area contributed by atoms with Gasteiger partial charge in [-0.2, -0.15) is 5.10 Å². The van der Waals surface area contributed by atoms with Crippen LogP contribution in [0.25, 0.3) is 0 Å². The Morgan fingerprint density at radius 3 is 2.89 bits per heavy atom. The predicted molar refractivity (Wildman–Crippen MR) is 74.6 cm³/mol. The summed E-state index contributed by atoms with van der Waals surface area (Å²) >= 11 is 1.84. The van der Waals surface area contributed by atoms with E-state index in [9.17, 15) is 0 Å². The minimum atomic E-state index is 0.745. The third kappa shape index (κ3) is 4.16. The number of nitrogens with one attached hydrogen (secondary N) is 1. The Morgan fingerprint density at radius 1 is 1.28 bits per heavy atom. The Kier molecular flexibility index (Phi) is 5.23. The largest absolute Gasteiger partial charge is 0.310 e. The highest BCUT2D eigenvalue weighted by atomic mass is 32.2. The molecule has 1 aromatic heterocycles. The van der Waals surface area contributed by atoms with Gasteiger partial charge in [-0.15, -0.1) is 11.8 Å². The van der Waals surface area contributed by atoms with Crippen LogP contribution in [0.4, 0.5) is 0 Å². The molecule has 0 aliphatic carbocycles. The first-order valence-electron chi connectivity index (χ1n) is 6.15. The molecule has 1 aromatic carbocycles. The number of aryl methyl sites for hydroxylation is 1. The molecule has 2 aromatic rings. The lowest BCUT2D eigenvalue weighted by Gasteiger charge is -2.01. The minimum absolute atomic E-state index is 0.745. The van der Waals surface area contributed by atoms with Crippen molar-refractivity contribution in [1.82, 2.24) is 20.1 Å². The maximum absolute atomic E-state index is 4.41. The summed E-state index contributed by atoms with van der Waals surface area (Å²) in [4.78, 5) is 5.56. The second-order valence-corrected chi connectivity index (χ2v) is 5.03. The van der Waals surface area contributed by atoms with E-state index in [0.29, 0.717) is 0 Å². The Labute approximate surface area is 112 Å². The highest BCUT2D eigenvalue weighted by Gasteiger charge is 2.00. The van der Waals surface area contributed by atoms with Gasteiger partial charge < -0.3 is 5.32 Å². The van der Waals surface area contributed by atoms with E-state index in [1.54, 1.807) is 6.33 Å². The van der Waals surface area contributed by atoms with Gasteiger partial charge in [0.05, 0.1) is 13.1 Å². The van der Waals surface area contributed by atoms with Gasteiger partial charge in [-0.1, -0.05) is 25.1 Å². The third-order valence-corrected chi connectivity index (χ3v) is 3.44. The van der Waals surface area contributed by atoms with Gasteiger partial charge in [0.1, 0.15) is 6.33 Å². The highest BCUT2D eigenvalue weighted by Crippen LogP contribution is 2.16. The van der Waals surface area contributed by atoms with Crippen molar-refractivity contribution < 1.29 is 0 Å². The number of thioether (sulfide) groups is 1. The Bertz CT molecular complexity index is 455. The molecule has 0 radical (unpaired) electrons. The van der Waals surface area contributed by atoms with E-state index in [1.807, 2.05) is 22.5 Å². The van der Waals surface area contributed by atoms with Crippen LogP contribution >= 0.6 is 11.8 Å². The molecule has 0 spiro atoms. The van der Waals surface area contributed by atoms with E-state index in [0.717, 1.165) is 31.2 Å². The first-order chi connectivity index (χ1) is 8.88. The fourth-order valence-corrected chi connectivity index (χ4v) is 2.40. The van der Waals surface area contributed by atoms with Gasteiger partial charge in [0, 0.05) is 10.6 Å². The predicted octanol–water partition coefficient (Wildman–Crippen LogP) is 2.18. The third-order valence-electron chi connectivity index (χ3n) is 2.45. The van der Waals surface area contributed by atoms with Crippen molar-refractivity contribution in [3.05, 3.63) is 42.5 Å². The van der Waals surface area contributed by atoms with Crippen molar-refractivity contribution in [3.63, 3.8) is 0 Å². The molecule has 1 N–H and O–H groups in total. The van der Waals surface area contributed by atoms with Crippen LogP contribution in [0.2, 0.25) is 0 Å². The summed E-state index contributed by atoms with van der Waals surface area (Å²) in [5.41, 5.74) is 0. The summed E-state index contributed by atoms with van der Waals surface area (Å²) in [5.74, 6) is 1.87. The molecule has 4 nitrogen and oxygen atoms in total. The van der Waals surface area contributed by atoms with Crippen LogP contribution < -0.4 is 5.32 Å². The Morgan fingerprint density at radius 2 is 2.11 bits per heavy atom. The van der Waals surface area contributed by atoms with Crippen molar-refractivity contribution in [1.29, 1.82) is 0 Å². The van der Waals surface area contributed by atoms with E-state index in [-0.39, 0.29) is 0 Å². The van der Waals surface area contributed by atoms with Crippen LogP contribution in [-0.2, 0) is 13.1 Å². The molecule has 18 heavy (non-hydrogen) atoms. The molecule has 0 saturated carbocycles. The van der Waals surface area contributed by atoms with Crippen LogP contribution in [0.5, 0.6) is 0 Å². The van der Waals surface area contributed by atoms with Crippen molar-refractivity contribution in [2.75, 3.05) is 12.3 Å². The molecule has 5 heteroatoms. The monoisotopic (exact) mass is 262 g/mol. The molecule has 96 valence electrons. The number of rotatable bonds is 7. The van der Waals surface area contributed by atoms with Crippen LogP contribution in [-0.4, -0.2) is 27.1 Å². The Balaban J connectivity index is 1.75. The highest BCUT2D eigenvalue weighted by molar-refractivity contribution is 7.99. The number of nitrogens with zero attached hydrogens (tertiary/aromatic N) is 3. The average Bonchev–Trinajstić information content (AvgIpc) is 2.85. The zero-order valence-corrected chi connectivity index (χ0v) is 11.4.